The Labute approximate surface area is 251 Å². The first-order valence-corrected chi connectivity index (χ1v) is 17.0. The number of rotatable bonds is 4. The van der Waals surface area contributed by atoms with Crippen LogP contribution in [0.15, 0.2) is 36.4 Å². The molecule has 10 heteroatoms. The molecule has 3 heterocycles. The number of halogens is 1. The minimum atomic E-state index is -3.61. The van der Waals surface area contributed by atoms with E-state index in [2.05, 4.69) is 78.1 Å². The Morgan fingerprint density at radius 2 is 1.79 bits per heavy atom. The number of pyridine rings is 1. The van der Waals surface area contributed by atoms with E-state index in [1.54, 1.807) is 6.07 Å². The Hall–Kier alpha value is -1.95. The van der Waals surface area contributed by atoms with Crippen LogP contribution in [-0.2, 0) is 21.3 Å². The van der Waals surface area contributed by atoms with Crippen LogP contribution in [0.3, 0.4) is 0 Å². The quantitative estimate of drug-likeness (QED) is 0.430. The summed E-state index contributed by atoms with van der Waals surface area (Å²) in [6.45, 7) is 12.6. The molecule has 0 radical (unpaired) electrons. The number of hydrogen-bond acceptors (Lipinski definition) is 7. The van der Waals surface area contributed by atoms with Crippen LogP contribution >= 0.6 is 0 Å². The summed E-state index contributed by atoms with van der Waals surface area (Å²) in [5.74, 6) is -0.279. The Bertz CT molecular complexity index is 1310. The van der Waals surface area contributed by atoms with Gasteiger partial charge in [-0.05, 0) is 79.7 Å². The monoisotopic (exact) mass is 601 g/mol. The topological polar surface area (TPSA) is 95.6 Å². The van der Waals surface area contributed by atoms with Crippen LogP contribution in [-0.4, -0.2) is 55.3 Å². The molecular formula is C32H48FN5O3S. The highest BCUT2D eigenvalue weighted by Crippen LogP contribution is 2.34. The lowest BCUT2D eigenvalue weighted by Gasteiger charge is -2.41. The number of fused-ring (bicyclic) bond motifs is 4. The van der Waals surface area contributed by atoms with Crippen LogP contribution in [0, 0.1) is 31.1 Å². The fourth-order valence-corrected chi connectivity index (χ4v) is 8.81. The molecule has 1 aromatic carbocycles. The number of ether oxygens (including phenoxy) is 1. The zero-order valence-corrected chi connectivity index (χ0v) is 26.5. The smallest absolute Gasteiger partial charge is 0.216 e. The Kier molecular flexibility index (Phi) is 9.71. The Morgan fingerprint density at radius 1 is 1.05 bits per heavy atom. The van der Waals surface area contributed by atoms with Gasteiger partial charge in [0.2, 0.25) is 16.0 Å². The molecule has 1 aliphatic carbocycles. The molecule has 0 amide bonds. The zero-order chi connectivity index (χ0) is 30.1. The number of sulfonamides is 1. The van der Waals surface area contributed by atoms with E-state index in [1.807, 2.05) is 6.07 Å². The van der Waals surface area contributed by atoms with Crippen molar-refractivity contribution < 1.29 is 17.5 Å². The maximum absolute atomic E-state index is 14.1. The summed E-state index contributed by atoms with van der Waals surface area (Å²) in [6, 6.07) is 11.2. The van der Waals surface area contributed by atoms with E-state index in [0.717, 1.165) is 25.8 Å². The van der Waals surface area contributed by atoms with Crippen LogP contribution in [0.1, 0.15) is 87.7 Å². The van der Waals surface area contributed by atoms with Gasteiger partial charge in [0.05, 0.1) is 17.6 Å². The van der Waals surface area contributed by atoms with E-state index >= 15 is 0 Å². The van der Waals surface area contributed by atoms with Crippen molar-refractivity contribution >= 4 is 10.0 Å². The average molecular weight is 602 g/mol. The van der Waals surface area contributed by atoms with Gasteiger partial charge in [0.25, 0.3) is 0 Å². The number of nitrogens with one attached hydrogen (secondary N) is 3. The molecular weight excluding hydrogens is 553 g/mol. The van der Waals surface area contributed by atoms with Crippen LogP contribution in [0.2, 0.25) is 0 Å². The summed E-state index contributed by atoms with van der Waals surface area (Å²) in [5, 5.41) is 6.49. The molecule has 3 aliphatic rings. The van der Waals surface area contributed by atoms with E-state index in [1.165, 1.54) is 22.8 Å². The Balaban J connectivity index is 1.50. The number of aryl methyl sites for hydroxylation is 2. The molecule has 5 unspecified atom stereocenters. The van der Waals surface area contributed by atoms with Crippen molar-refractivity contribution in [3.05, 3.63) is 64.7 Å². The van der Waals surface area contributed by atoms with Gasteiger partial charge in [0, 0.05) is 31.6 Å². The van der Waals surface area contributed by atoms with Crippen molar-refractivity contribution in [1.29, 1.82) is 0 Å². The van der Waals surface area contributed by atoms with E-state index in [-0.39, 0.29) is 29.6 Å². The molecule has 232 valence electrons. The molecule has 2 aliphatic heterocycles. The summed E-state index contributed by atoms with van der Waals surface area (Å²) < 4.78 is 51.3. The fourth-order valence-electron chi connectivity index (χ4n) is 7.15. The van der Waals surface area contributed by atoms with E-state index in [0.29, 0.717) is 38.1 Å². The van der Waals surface area contributed by atoms with Gasteiger partial charge in [-0.25, -0.2) is 13.4 Å². The SMILES string of the molecule is Cc1cccc(C)c1C1CC2NC(N1)NS(=O)(=O)C1CCCC(C1)CN(Cc1cccc(F)n1)[C@H](CC(C)(C)C)CO2. The van der Waals surface area contributed by atoms with Gasteiger partial charge in [0.15, 0.2) is 0 Å². The lowest BCUT2D eigenvalue weighted by molar-refractivity contribution is -0.0517. The second-order valence-corrected chi connectivity index (χ2v) is 15.8. The minimum Gasteiger partial charge on any atom is -0.362 e. The van der Waals surface area contributed by atoms with Crippen molar-refractivity contribution in [3.8, 4) is 0 Å². The molecule has 42 heavy (non-hydrogen) atoms. The first kappa shape index (κ1) is 31.5. The molecule has 0 spiro atoms. The highest BCUT2D eigenvalue weighted by molar-refractivity contribution is 7.90. The van der Waals surface area contributed by atoms with E-state index in [9.17, 15) is 12.8 Å². The first-order valence-electron chi connectivity index (χ1n) is 15.4. The van der Waals surface area contributed by atoms with Crippen LogP contribution in [0.4, 0.5) is 4.39 Å². The second-order valence-electron chi connectivity index (χ2n) is 13.8. The molecule has 2 aromatic rings. The third kappa shape index (κ3) is 7.95. The third-order valence-electron chi connectivity index (χ3n) is 9.00. The van der Waals surface area contributed by atoms with Crippen molar-refractivity contribution in [3.63, 3.8) is 0 Å². The normalized spacial score (nSPS) is 31.0. The lowest BCUT2D eigenvalue weighted by atomic mass is 9.85. The number of hydrogen-bond donors (Lipinski definition) is 3. The average Bonchev–Trinajstić information content (AvgIpc) is 2.90. The van der Waals surface area contributed by atoms with Crippen LogP contribution in [0.5, 0.6) is 0 Å². The maximum Gasteiger partial charge on any atom is 0.216 e. The summed E-state index contributed by atoms with van der Waals surface area (Å²) in [7, 11) is -3.61. The summed E-state index contributed by atoms with van der Waals surface area (Å²) in [5.41, 5.74) is 4.23. The Morgan fingerprint density at radius 3 is 2.50 bits per heavy atom. The minimum absolute atomic E-state index is 0.0283. The molecule has 2 saturated heterocycles. The van der Waals surface area contributed by atoms with Crippen LogP contribution < -0.4 is 15.4 Å². The number of benzene rings is 1. The maximum atomic E-state index is 14.1. The molecule has 4 bridgehead atoms. The number of aromatic nitrogens is 1. The molecule has 1 saturated carbocycles. The van der Waals surface area contributed by atoms with Crippen molar-refractivity contribution in [2.75, 3.05) is 13.2 Å². The first-order chi connectivity index (χ1) is 19.9. The van der Waals surface area contributed by atoms with Crippen molar-refractivity contribution in [1.82, 2.24) is 25.2 Å². The summed E-state index contributed by atoms with van der Waals surface area (Å²) in [4.78, 5) is 6.55. The van der Waals surface area contributed by atoms with Gasteiger partial charge < -0.3 is 4.74 Å². The van der Waals surface area contributed by atoms with Crippen molar-refractivity contribution in [2.45, 2.75) is 110 Å². The predicted molar refractivity (Wildman–Crippen MR) is 163 cm³/mol. The largest absolute Gasteiger partial charge is 0.362 e. The molecule has 5 rings (SSSR count). The third-order valence-corrected chi connectivity index (χ3v) is 10.9. The molecule has 1 aromatic heterocycles. The molecule has 3 N–H and O–H groups in total. The van der Waals surface area contributed by atoms with Gasteiger partial charge >= 0.3 is 0 Å². The van der Waals surface area contributed by atoms with Gasteiger partial charge in [-0.3, -0.25) is 15.5 Å². The van der Waals surface area contributed by atoms with E-state index < -0.39 is 27.5 Å². The standard InChI is InChI=1S/C32H48FN5O3S/c1-21-9-6-10-22(2)30(21)27-16-29-36-31(35-27)37-42(39,40)26-13-7-11-23(15-26)18-38(19-24-12-8-14-28(33)34-24)25(20-41-29)17-32(3,4)5/h6,8-10,12,14,23,25-27,29,31,35-37H,7,11,13,15-20H2,1-5H3/t23?,25-,26?,27?,29?,31?/m1/s1. The zero-order valence-electron chi connectivity index (χ0n) is 25.7. The van der Waals surface area contributed by atoms with Gasteiger partial charge in [-0.1, -0.05) is 51.5 Å². The van der Waals surface area contributed by atoms with Gasteiger partial charge in [0.1, 0.15) is 12.5 Å². The lowest BCUT2D eigenvalue weighted by Crippen LogP contribution is -2.64. The molecule has 8 nitrogen and oxygen atoms in total. The van der Waals surface area contributed by atoms with Crippen molar-refractivity contribution in [2.24, 2.45) is 11.3 Å². The van der Waals surface area contributed by atoms with Gasteiger partial charge in [-0.15, -0.1) is 0 Å². The molecule has 6 atom stereocenters. The fraction of sp³-hybridized carbons (Fsp3) is 0.656. The predicted octanol–water partition coefficient (Wildman–Crippen LogP) is 4.89. The second kappa shape index (κ2) is 13.0. The number of nitrogens with zero attached hydrogens (tertiary/aromatic N) is 2. The highest BCUT2D eigenvalue weighted by Gasteiger charge is 2.39. The highest BCUT2D eigenvalue weighted by atomic mass is 32.2. The van der Waals surface area contributed by atoms with Gasteiger partial charge in [-0.2, -0.15) is 9.11 Å². The van der Waals surface area contributed by atoms with Crippen LogP contribution in [0.25, 0.3) is 0 Å². The summed E-state index contributed by atoms with van der Waals surface area (Å²) >= 11 is 0. The van der Waals surface area contributed by atoms with E-state index in [4.69, 9.17) is 4.74 Å². The summed E-state index contributed by atoms with van der Waals surface area (Å²) in [6.07, 6.45) is 3.61. The molecule has 3 fully saturated rings.